The number of rotatable bonds is 6. The van der Waals surface area contributed by atoms with Crippen molar-refractivity contribution >= 4 is 5.97 Å². The molecule has 1 aromatic heterocycles. The van der Waals surface area contributed by atoms with Crippen molar-refractivity contribution in [3.8, 4) is 5.69 Å². The summed E-state index contributed by atoms with van der Waals surface area (Å²) in [6, 6.07) is 10.5. The van der Waals surface area contributed by atoms with E-state index in [2.05, 4.69) is 15.2 Å². The second-order valence-corrected chi connectivity index (χ2v) is 6.48. The van der Waals surface area contributed by atoms with Crippen LogP contribution in [0.15, 0.2) is 48.7 Å². The van der Waals surface area contributed by atoms with Crippen molar-refractivity contribution in [3.63, 3.8) is 0 Å². The van der Waals surface area contributed by atoms with Gasteiger partial charge in [0.1, 0.15) is 11.5 Å². The summed E-state index contributed by atoms with van der Waals surface area (Å²) in [5, 5.41) is 7.64. The number of hydrogen-bond acceptors (Lipinski definition) is 4. The van der Waals surface area contributed by atoms with Gasteiger partial charge in [0, 0.05) is 29.9 Å². The van der Waals surface area contributed by atoms with Crippen LogP contribution in [0.1, 0.15) is 40.1 Å². The molecule has 0 spiro atoms. The van der Waals surface area contributed by atoms with Crippen LogP contribution >= 0.6 is 0 Å². The monoisotopic (exact) mass is 385 g/mol. The van der Waals surface area contributed by atoms with E-state index in [4.69, 9.17) is 0 Å². The van der Waals surface area contributed by atoms with Gasteiger partial charge < -0.3 is 10.1 Å². The maximum atomic E-state index is 14.1. The molecule has 3 rings (SSSR count). The normalized spacial score (nSPS) is 12.0. The molecule has 0 unspecified atom stereocenters. The lowest BCUT2D eigenvalue weighted by molar-refractivity contribution is 0.0600. The lowest BCUT2D eigenvalue weighted by Gasteiger charge is -2.14. The van der Waals surface area contributed by atoms with E-state index >= 15 is 0 Å². The van der Waals surface area contributed by atoms with E-state index in [1.807, 2.05) is 26.0 Å². The van der Waals surface area contributed by atoms with Gasteiger partial charge in [-0.2, -0.15) is 5.10 Å². The summed E-state index contributed by atoms with van der Waals surface area (Å²) in [6.07, 6.45) is 1.68. The van der Waals surface area contributed by atoms with Gasteiger partial charge in [0.15, 0.2) is 5.82 Å². The number of benzene rings is 2. The molecule has 28 heavy (non-hydrogen) atoms. The Balaban J connectivity index is 1.70. The predicted octanol–water partition coefficient (Wildman–Crippen LogP) is 4.10. The molecule has 0 aliphatic rings. The fourth-order valence-corrected chi connectivity index (χ4v) is 3.00. The van der Waals surface area contributed by atoms with Crippen LogP contribution in [0, 0.1) is 18.6 Å². The van der Waals surface area contributed by atoms with Crippen molar-refractivity contribution in [2.75, 3.05) is 7.11 Å². The van der Waals surface area contributed by atoms with E-state index in [-0.39, 0.29) is 17.7 Å². The summed E-state index contributed by atoms with van der Waals surface area (Å²) in [5.74, 6) is -1.66. The maximum absolute atomic E-state index is 14.1. The van der Waals surface area contributed by atoms with E-state index in [0.29, 0.717) is 12.1 Å². The van der Waals surface area contributed by atoms with Crippen LogP contribution in [0.25, 0.3) is 5.69 Å². The zero-order chi connectivity index (χ0) is 20.3. The van der Waals surface area contributed by atoms with E-state index in [9.17, 15) is 13.6 Å². The van der Waals surface area contributed by atoms with Crippen molar-refractivity contribution < 1.29 is 18.3 Å². The average molecular weight is 385 g/mol. The molecule has 0 aliphatic heterocycles. The first-order valence-corrected chi connectivity index (χ1v) is 8.81. The van der Waals surface area contributed by atoms with Crippen LogP contribution in [0.5, 0.6) is 0 Å². The lowest BCUT2D eigenvalue weighted by atomic mass is 10.1. The molecule has 2 aromatic carbocycles. The highest BCUT2D eigenvalue weighted by atomic mass is 19.1. The van der Waals surface area contributed by atoms with Gasteiger partial charge in [-0.15, -0.1) is 0 Å². The van der Waals surface area contributed by atoms with Crippen molar-refractivity contribution in [3.05, 3.63) is 82.7 Å². The Hall–Kier alpha value is -3.06. The molecular weight excluding hydrogens is 364 g/mol. The molecule has 7 heteroatoms. The van der Waals surface area contributed by atoms with Gasteiger partial charge in [-0.25, -0.2) is 18.3 Å². The summed E-state index contributed by atoms with van der Waals surface area (Å²) >= 11 is 0. The first kappa shape index (κ1) is 19.7. The van der Waals surface area contributed by atoms with Crippen LogP contribution in [0.4, 0.5) is 8.78 Å². The third-order valence-electron chi connectivity index (χ3n) is 4.64. The number of nitrogens with one attached hydrogen (secondary N) is 1. The summed E-state index contributed by atoms with van der Waals surface area (Å²) in [5.41, 5.74) is 3.39. The highest BCUT2D eigenvalue weighted by Crippen LogP contribution is 2.22. The fraction of sp³-hybridized carbons (Fsp3) is 0.238. The van der Waals surface area contributed by atoms with Crippen LogP contribution in [-0.2, 0) is 11.3 Å². The summed E-state index contributed by atoms with van der Waals surface area (Å²) < 4.78 is 33.4. The van der Waals surface area contributed by atoms with Gasteiger partial charge in [0.2, 0.25) is 0 Å². The van der Waals surface area contributed by atoms with Crippen molar-refractivity contribution in [2.24, 2.45) is 0 Å². The maximum Gasteiger partial charge on any atom is 0.337 e. The number of carbonyl (C=O) groups excluding carboxylic acids is 1. The SMILES string of the molecule is COC(=O)c1ccc(CN[C@@H](C)c2cnn(-c3ccc(F)cc3F)c2C)cc1. The van der Waals surface area contributed by atoms with E-state index in [1.165, 1.54) is 23.9 Å². The Morgan fingerprint density at radius 2 is 1.93 bits per heavy atom. The number of esters is 1. The standard InChI is InChI=1S/C21H21F2N3O2/c1-13(24-11-15-4-6-16(7-5-15)21(27)28-3)18-12-25-26(14(18)2)20-9-8-17(22)10-19(20)23/h4-10,12-13,24H,11H2,1-3H3/t13-/m0/s1. The minimum Gasteiger partial charge on any atom is -0.465 e. The minimum absolute atomic E-state index is 0.0439. The highest BCUT2D eigenvalue weighted by molar-refractivity contribution is 5.89. The Morgan fingerprint density at radius 3 is 2.57 bits per heavy atom. The van der Waals surface area contributed by atoms with Crippen LogP contribution in [0.2, 0.25) is 0 Å². The topological polar surface area (TPSA) is 56.1 Å². The minimum atomic E-state index is -0.663. The molecule has 0 bridgehead atoms. The zero-order valence-corrected chi connectivity index (χ0v) is 15.9. The number of ether oxygens (including phenoxy) is 1. The Bertz CT molecular complexity index is 984. The fourth-order valence-electron chi connectivity index (χ4n) is 3.00. The first-order valence-electron chi connectivity index (χ1n) is 8.81. The molecular formula is C21H21F2N3O2. The lowest BCUT2D eigenvalue weighted by Crippen LogP contribution is -2.18. The van der Waals surface area contributed by atoms with Gasteiger partial charge in [0.25, 0.3) is 0 Å². The van der Waals surface area contributed by atoms with Crippen LogP contribution in [0.3, 0.4) is 0 Å². The third-order valence-corrected chi connectivity index (χ3v) is 4.64. The van der Waals surface area contributed by atoms with Gasteiger partial charge in [0.05, 0.1) is 18.9 Å². The van der Waals surface area contributed by atoms with Gasteiger partial charge >= 0.3 is 5.97 Å². The Morgan fingerprint density at radius 1 is 1.21 bits per heavy atom. The molecule has 1 N–H and O–H groups in total. The molecule has 1 atom stereocenters. The van der Waals surface area contributed by atoms with Crippen molar-refractivity contribution in [1.29, 1.82) is 0 Å². The number of halogens is 2. The smallest absolute Gasteiger partial charge is 0.337 e. The predicted molar refractivity (Wildman–Crippen MR) is 101 cm³/mol. The van der Waals surface area contributed by atoms with Gasteiger partial charge in [-0.05, 0) is 43.7 Å². The molecule has 3 aromatic rings. The largest absolute Gasteiger partial charge is 0.465 e. The number of methoxy groups -OCH3 is 1. The average Bonchev–Trinajstić information content (AvgIpc) is 3.07. The van der Waals surface area contributed by atoms with E-state index in [0.717, 1.165) is 22.9 Å². The Kier molecular flexibility index (Phi) is 5.84. The van der Waals surface area contributed by atoms with Crippen LogP contribution < -0.4 is 5.32 Å². The quantitative estimate of drug-likeness (QED) is 0.649. The number of hydrogen-bond donors (Lipinski definition) is 1. The first-order chi connectivity index (χ1) is 13.4. The number of carbonyl (C=O) groups is 1. The molecule has 5 nitrogen and oxygen atoms in total. The third kappa shape index (κ3) is 4.09. The summed E-state index contributed by atoms with van der Waals surface area (Å²) in [6.45, 7) is 4.41. The number of nitrogens with zero attached hydrogens (tertiary/aromatic N) is 2. The second-order valence-electron chi connectivity index (χ2n) is 6.48. The van der Waals surface area contributed by atoms with E-state index < -0.39 is 11.6 Å². The summed E-state index contributed by atoms with van der Waals surface area (Å²) in [7, 11) is 1.35. The Labute approximate surface area is 161 Å². The molecule has 1 heterocycles. The van der Waals surface area contributed by atoms with Gasteiger partial charge in [-0.3, -0.25) is 0 Å². The highest BCUT2D eigenvalue weighted by Gasteiger charge is 2.16. The molecule has 0 aliphatic carbocycles. The zero-order valence-electron chi connectivity index (χ0n) is 15.9. The van der Waals surface area contributed by atoms with E-state index in [1.54, 1.807) is 18.3 Å². The van der Waals surface area contributed by atoms with Crippen molar-refractivity contribution in [1.82, 2.24) is 15.1 Å². The molecule has 146 valence electrons. The molecule has 0 fully saturated rings. The second kappa shape index (κ2) is 8.31. The molecule has 0 radical (unpaired) electrons. The molecule has 0 saturated heterocycles. The summed E-state index contributed by atoms with van der Waals surface area (Å²) in [4.78, 5) is 11.5. The number of aromatic nitrogens is 2. The molecule has 0 amide bonds. The van der Waals surface area contributed by atoms with Crippen molar-refractivity contribution in [2.45, 2.75) is 26.4 Å². The van der Waals surface area contributed by atoms with Crippen LogP contribution in [-0.4, -0.2) is 22.9 Å². The van der Waals surface area contributed by atoms with Gasteiger partial charge in [-0.1, -0.05) is 12.1 Å². The molecule has 0 saturated carbocycles.